The fourth-order valence-electron chi connectivity index (χ4n) is 2.50. The second-order valence-corrected chi connectivity index (χ2v) is 6.11. The van der Waals surface area contributed by atoms with Crippen LogP contribution in [0.25, 0.3) is 0 Å². The number of rotatable bonds is 1. The molecule has 0 bridgehead atoms. The fourth-order valence-corrected chi connectivity index (χ4v) is 2.50. The van der Waals surface area contributed by atoms with Crippen LogP contribution in [-0.2, 0) is 0 Å². The molecule has 0 amide bonds. The summed E-state index contributed by atoms with van der Waals surface area (Å²) in [4.78, 5) is 2.43. The molecule has 2 heteroatoms. The van der Waals surface area contributed by atoms with Crippen LogP contribution in [0.3, 0.4) is 0 Å². The van der Waals surface area contributed by atoms with Crippen molar-refractivity contribution < 1.29 is 5.11 Å². The van der Waals surface area contributed by atoms with Crippen molar-refractivity contribution in [1.29, 1.82) is 0 Å². The minimum Gasteiger partial charge on any atom is -0.391 e. The molecule has 2 rings (SSSR count). The van der Waals surface area contributed by atoms with E-state index < -0.39 is 0 Å². The Morgan fingerprint density at radius 2 is 2.00 bits per heavy atom. The lowest BCUT2D eigenvalue weighted by Gasteiger charge is -2.26. The predicted octanol–water partition coefficient (Wildman–Crippen LogP) is 1.49. The number of hydrogen-bond acceptors (Lipinski definition) is 2. The van der Waals surface area contributed by atoms with Gasteiger partial charge in [0.2, 0.25) is 0 Å². The Labute approximate surface area is 80.9 Å². The van der Waals surface area contributed by atoms with Crippen LogP contribution >= 0.6 is 0 Å². The first kappa shape index (κ1) is 9.47. The molecule has 0 aromatic heterocycles. The van der Waals surface area contributed by atoms with E-state index in [2.05, 4.69) is 25.7 Å². The van der Waals surface area contributed by atoms with Crippen molar-refractivity contribution in [2.24, 2.45) is 10.8 Å². The summed E-state index contributed by atoms with van der Waals surface area (Å²) in [7, 11) is 0. The summed E-state index contributed by atoms with van der Waals surface area (Å²) in [6.45, 7) is 9.93. The predicted molar refractivity (Wildman–Crippen MR) is 53.6 cm³/mol. The van der Waals surface area contributed by atoms with Crippen LogP contribution in [-0.4, -0.2) is 35.7 Å². The van der Waals surface area contributed by atoms with E-state index in [0.29, 0.717) is 10.8 Å². The first-order chi connectivity index (χ1) is 5.91. The molecular formula is C11H21NO. The van der Waals surface area contributed by atoms with Crippen LogP contribution in [0.5, 0.6) is 0 Å². The quantitative estimate of drug-likeness (QED) is 0.666. The van der Waals surface area contributed by atoms with Crippen LogP contribution in [0.4, 0.5) is 0 Å². The van der Waals surface area contributed by atoms with Crippen molar-refractivity contribution in [3.63, 3.8) is 0 Å². The largest absolute Gasteiger partial charge is 0.391 e. The molecule has 1 N–H and O–H groups in total. The summed E-state index contributed by atoms with van der Waals surface area (Å²) < 4.78 is 0. The van der Waals surface area contributed by atoms with Crippen LogP contribution in [0, 0.1) is 10.8 Å². The number of likely N-dealkylation sites (tertiary alicyclic amines) is 1. The minimum atomic E-state index is -0.0464. The van der Waals surface area contributed by atoms with Gasteiger partial charge in [0.15, 0.2) is 0 Å². The molecule has 1 unspecified atom stereocenters. The smallest absolute Gasteiger partial charge is 0.0735 e. The Morgan fingerprint density at radius 1 is 1.38 bits per heavy atom. The van der Waals surface area contributed by atoms with Gasteiger partial charge in [-0.3, -0.25) is 4.90 Å². The molecule has 1 spiro atoms. The van der Waals surface area contributed by atoms with Gasteiger partial charge in [-0.25, -0.2) is 0 Å². The number of aliphatic hydroxyl groups excluding tert-OH is 1. The molecule has 1 saturated heterocycles. The van der Waals surface area contributed by atoms with Gasteiger partial charge in [-0.2, -0.15) is 0 Å². The number of nitrogens with zero attached hydrogens (tertiary/aromatic N) is 1. The van der Waals surface area contributed by atoms with Gasteiger partial charge >= 0.3 is 0 Å². The van der Waals surface area contributed by atoms with Crippen molar-refractivity contribution >= 4 is 0 Å². The summed E-state index contributed by atoms with van der Waals surface area (Å²) in [6, 6.07) is 0. The van der Waals surface area contributed by atoms with Gasteiger partial charge in [0.1, 0.15) is 0 Å². The van der Waals surface area contributed by atoms with Crippen molar-refractivity contribution in [2.75, 3.05) is 19.6 Å². The standard InChI is InChI=1S/C11H21NO/c1-10(2,3)7-12-6-9(13)11(8-12)4-5-11/h9,13H,4-8H2,1-3H3. The van der Waals surface area contributed by atoms with E-state index in [4.69, 9.17) is 0 Å². The Balaban J connectivity index is 1.91. The van der Waals surface area contributed by atoms with Crippen LogP contribution in [0.1, 0.15) is 33.6 Å². The molecule has 0 aromatic rings. The van der Waals surface area contributed by atoms with Gasteiger partial charge in [-0.05, 0) is 18.3 Å². The Morgan fingerprint density at radius 3 is 2.38 bits per heavy atom. The maximum Gasteiger partial charge on any atom is 0.0735 e. The highest BCUT2D eigenvalue weighted by molar-refractivity contribution is 5.06. The lowest BCUT2D eigenvalue weighted by atomic mass is 9.96. The lowest BCUT2D eigenvalue weighted by Crippen LogP contribution is -2.31. The zero-order valence-electron chi connectivity index (χ0n) is 9.01. The summed E-state index contributed by atoms with van der Waals surface area (Å²) in [5.41, 5.74) is 0.686. The zero-order valence-corrected chi connectivity index (χ0v) is 9.01. The topological polar surface area (TPSA) is 23.5 Å². The molecule has 0 radical (unpaired) electrons. The third kappa shape index (κ3) is 1.89. The molecule has 1 aliphatic heterocycles. The van der Waals surface area contributed by atoms with E-state index in [1.807, 2.05) is 0 Å². The van der Waals surface area contributed by atoms with Crippen molar-refractivity contribution in [1.82, 2.24) is 4.90 Å². The van der Waals surface area contributed by atoms with Gasteiger partial charge in [0.25, 0.3) is 0 Å². The summed E-state index contributed by atoms with van der Waals surface area (Å²) in [6.07, 6.45) is 2.44. The number of β-amino-alcohol motifs (C(OH)–C–C–N with tert-alkyl or cyclic N) is 1. The molecule has 2 aliphatic rings. The number of aliphatic hydroxyl groups is 1. The highest BCUT2D eigenvalue weighted by Crippen LogP contribution is 2.52. The second kappa shape index (κ2) is 2.71. The maximum atomic E-state index is 9.85. The molecule has 76 valence electrons. The minimum absolute atomic E-state index is 0.0464. The van der Waals surface area contributed by atoms with Crippen molar-refractivity contribution in [3.05, 3.63) is 0 Å². The van der Waals surface area contributed by atoms with Gasteiger partial charge in [-0.1, -0.05) is 20.8 Å². The third-order valence-electron chi connectivity index (χ3n) is 3.27. The van der Waals surface area contributed by atoms with Gasteiger partial charge in [0, 0.05) is 25.0 Å². The molecule has 2 fully saturated rings. The van der Waals surface area contributed by atoms with Gasteiger partial charge < -0.3 is 5.11 Å². The van der Waals surface area contributed by atoms with Crippen LogP contribution in [0.2, 0.25) is 0 Å². The summed E-state index contributed by atoms with van der Waals surface area (Å²) >= 11 is 0. The van der Waals surface area contributed by atoms with E-state index in [-0.39, 0.29) is 6.10 Å². The van der Waals surface area contributed by atoms with Gasteiger partial charge in [0.05, 0.1) is 6.10 Å². The molecular weight excluding hydrogens is 162 g/mol. The molecule has 1 aliphatic carbocycles. The van der Waals surface area contributed by atoms with E-state index in [1.54, 1.807) is 0 Å². The van der Waals surface area contributed by atoms with E-state index in [9.17, 15) is 5.11 Å². The normalized spacial score (nSPS) is 32.8. The van der Waals surface area contributed by atoms with Crippen molar-refractivity contribution in [2.45, 2.75) is 39.7 Å². The monoisotopic (exact) mass is 183 g/mol. The highest BCUT2D eigenvalue weighted by atomic mass is 16.3. The Bertz CT molecular complexity index is 201. The Hall–Kier alpha value is -0.0800. The second-order valence-electron chi connectivity index (χ2n) is 6.11. The zero-order chi connectivity index (χ0) is 9.69. The molecule has 2 nitrogen and oxygen atoms in total. The number of hydrogen-bond donors (Lipinski definition) is 1. The van der Waals surface area contributed by atoms with Crippen LogP contribution < -0.4 is 0 Å². The van der Waals surface area contributed by atoms with Crippen molar-refractivity contribution in [3.8, 4) is 0 Å². The summed E-state index contributed by atoms with van der Waals surface area (Å²) in [5, 5.41) is 9.85. The highest BCUT2D eigenvalue weighted by Gasteiger charge is 2.54. The molecule has 1 atom stereocenters. The molecule has 1 heterocycles. The third-order valence-corrected chi connectivity index (χ3v) is 3.27. The summed E-state index contributed by atoms with van der Waals surface area (Å²) in [5.74, 6) is 0. The lowest BCUT2D eigenvalue weighted by molar-refractivity contribution is 0.128. The average molecular weight is 183 g/mol. The molecule has 0 aromatic carbocycles. The first-order valence-corrected chi connectivity index (χ1v) is 5.32. The Kier molecular flexibility index (Phi) is 1.97. The van der Waals surface area contributed by atoms with E-state index in [1.165, 1.54) is 12.8 Å². The average Bonchev–Trinajstić information content (AvgIpc) is 2.58. The van der Waals surface area contributed by atoms with E-state index >= 15 is 0 Å². The van der Waals surface area contributed by atoms with E-state index in [0.717, 1.165) is 19.6 Å². The fraction of sp³-hybridized carbons (Fsp3) is 1.00. The molecule has 13 heavy (non-hydrogen) atoms. The van der Waals surface area contributed by atoms with Gasteiger partial charge in [-0.15, -0.1) is 0 Å². The first-order valence-electron chi connectivity index (χ1n) is 5.32. The SMILES string of the molecule is CC(C)(C)CN1CC(O)C2(CC2)C1. The maximum absolute atomic E-state index is 9.85. The van der Waals surface area contributed by atoms with Crippen LogP contribution in [0.15, 0.2) is 0 Å². The molecule has 1 saturated carbocycles.